The monoisotopic (exact) mass is 317 g/mol. The Morgan fingerprint density at radius 2 is 2.17 bits per heavy atom. The second-order valence-electron chi connectivity index (χ2n) is 5.96. The van der Waals surface area contributed by atoms with Crippen LogP contribution in [0.25, 0.3) is 0 Å². The number of rotatable bonds is 4. The van der Waals surface area contributed by atoms with Crippen LogP contribution in [0.4, 0.5) is 0 Å². The molecule has 3 rings (SSSR count). The summed E-state index contributed by atoms with van der Waals surface area (Å²) in [6.45, 7) is 8.97. The Kier molecular flexibility index (Phi) is 4.76. The molecule has 1 amide bonds. The average molecular weight is 317 g/mol. The number of aromatic nitrogens is 3. The number of carbonyl (C=O) groups excluding carboxylic acids is 1. The molecule has 0 radical (unpaired) electrons. The van der Waals surface area contributed by atoms with Gasteiger partial charge >= 0.3 is 0 Å². The zero-order valence-electron chi connectivity index (χ0n) is 13.7. The van der Waals surface area contributed by atoms with Crippen LogP contribution in [-0.2, 0) is 13.1 Å². The van der Waals surface area contributed by atoms with Gasteiger partial charge in [0.15, 0.2) is 0 Å². The summed E-state index contributed by atoms with van der Waals surface area (Å²) in [5, 5.41) is 8.11. The van der Waals surface area contributed by atoms with Gasteiger partial charge in [0.25, 0.3) is 5.91 Å². The fraction of sp³-hybridized carbons (Fsp3) is 0.562. The topological polar surface area (TPSA) is 67.4 Å². The Bertz CT molecular complexity index is 663. The highest BCUT2D eigenvalue weighted by Crippen LogP contribution is 2.12. The van der Waals surface area contributed by atoms with Crippen LogP contribution in [0, 0.1) is 6.92 Å². The molecule has 7 heteroatoms. The number of nitrogens with zero attached hydrogens (tertiary/aromatic N) is 5. The molecule has 1 saturated heterocycles. The summed E-state index contributed by atoms with van der Waals surface area (Å²) in [7, 11) is 0. The van der Waals surface area contributed by atoms with Crippen LogP contribution in [0.15, 0.2) is 23.0 Å². The van der Waals surface area contributed by atoms with E-state index in [4.69, 9.17) is 4.52 Å². The van der Waals surface area contributed by atoms with E-state index in [1.54, 1.807) is 6.07 Å². The summed E-state index contributed by atoms with van der Waals surface area (Å²) >= 11 is 0. The molecule has 0 unspecified atom stereocenters. The predicted octanol–water partition coefficient (Wildman–Crippen LogP) is 1.55. The summed E-state index contributed by atoms with van der Waals surface area (Å²) in [4.78, 5) is 16.7. The van der Waals surface area contributed by atoms with Crippen molar-refractivity contribution >= 4 is 5.91 Å². The molecule has 124 valence electrons. The summed E-state index contributed by atoms with van der Waals surface area (Å²) in [5.74, 6) is 0.270. The third-order valence-electron chi connectivity index (χ3n) is 4.13. The van der Waals surface area contributed by atoms with Crippen molar-refractivity contribution in [2.45, 2.75) is 33.4 Å². The van der Waals surface area contributed by atoms with Gasteiger partial charge in [0.2, 0.25) is 5.76 Å². The van der Waals surface area contributed by atoms with E-state index in [0.717, 1.165) is 44.8 Å². The lowest BCUT2D eigenvalue weighted by molar-refractivity contribution is 0.0719. The molecule has 0 bridgehead atoms. The highest BCUT2D eigenvalue weighted by Gasteiger charge is 2.23. The summed E-state index contributed by atoms with van der Waals surface area (Å²) < 4.78 is 7.03. The maximum absolute atomic E-state index is 12.4. The first kappa shape index (κ1) is 15.7. The maximum Gasteiger partial charge on any atom is 0.292 e. The van der Waals surface area contributed by atoms with Gasteiger partial charge in [-0.2, -0.15) is 5.10 Å². The van der Waals surface area contributed by atoms with Gasteiger partial charge in [0, 0.05) is 57.1 Å². The molecule has 2 aromatic heterocycles. The highest BCUT2D eigenvalue weighted by atomic mass is 16.5. The molecule has 0 aromatic carbocycles. The van der Waals surface area contributed by atoms with E-state index in [1.165, 1.54) is 5.56 Å². The second-order valence-corrected chi connectivity index (χ2v) is 5.96. The van der Waals surface area contributed by atoms with Crippen molar-refractivity contribution in [3.05, 3.63) is 35.5 Å². The molecular weight excluding hydrogens is 294 g/mol. The first-order valence-electron chi connectivity index (χ1n) is 8.12. The molecule has 7 nitrogen and oxygen atoms in total. The van der Waals surface area contributed by atoms with Crippen molar-refractivity contribution in [1.29, 1.82) is 0 Å². The maximum atomic E-state index is 12.4. The van der Waals surface area contributed by atoms with Gasteiger partial charge in [-0.15, -0.1) is 0 Å². The Morgan fingerprint density at radius 1 is 1.30 bits per heavy atom. The lowest BCUT2D eigenvalue weighted by Crippen LogP contribution is -2.34. The van der Waals surface area contributed by atoms with Crippen LogP contribution in [0.5, 0.6) is 0 Å². The zero-order valence-corrected chi connectivity index (χ0v) is 13.7. The SMILES string of the molecule is CCn1cc(CN2CCCN(C(=O)c3cc(C)no3)CC2)cn1. The Labute approximate surface area is 135 Å². The number of hydrogen-bond acceptors (Lipinski definition) is 5. The van der Waals surface area contributed by atoms with Gasteiger partial charge in [-0.1, -0.05) is 5.16 Å². The molecule has 3 heterocycles. The lowest BCUT2D eigenvalue weighted by Gasteiger charge is -2.20. The Balaban J connectivity index is 1.57. The molecule has 0 spiro atoms. The number of aryl methyl sites for hydroxylation is 2. The first-order valence-corrected chi connectivity index (χ1v) is 8.12. The Hall–Kier alpha value is -2.15. The summed E-state index contributed by atoms with van der Waals surface area (Å²) in [6, 6.07) is 1.70. The van der Waals surface area contributed by atoms with Crippen molar-refractivity contribution in [1.82, 2.24) is 24.7 Å². The molecule has 23 heavy (non-hydrogen) atoms. The molecule has 2 aromatic rings. The number of carbonyl (C=O) groups is 1. The highest BCUT2D eigenvalue weighted by molar-refractivity contribution is 5.91. The molecule has 1 aliphatic heterocycles. The number of amides is 1. The van der Waals surface area contributed by atoms with Gasteiger partial charge in [-0.25, -0.2) is 0 Å². The van der Waals surface area contributed by atoms with E-state index in [9.17, 15) is 4.79 Å². The van der Waals surface area contributed by atoms with Crippen molar-refractivity contribution in [3.63, 3.8) is 0 Å². The molecule has 0 N–H and O–H groups in total. The van der Waals surface area contributed by atoms with Crippen LogP contribution in [0.1, 0.15) is 35.2 Å². The van der Waals surface area contributed by atoms with E-state index in [2.05, 4.69) is 28.3 Å². The fourth-order valence-corrected chi connectivity index (χ4v) is 2.87. The van der Waals surface area contributed by atoms with Crippen LogP contribution >= 0.6 is 0 Å². The third-order valence-corrected chi connectivity index (χ3v) is 4.13. The summed E-state index contributed by atoms with van der Waals surface area (Å²) in [5.41, 5.74) is 1.95. The minimum Gasteiger partial charge on any atom is -0.351 e. The van der Waals surface area contributed by atoms with Crippen molar-refractivity contribution < 1.29 is 9.32 Å². The lowest BCUT2D eigenvalue weighted by atomic mass is 10.3. The van der Waals surface area contributed by atoms with Crippen LogP contribution in [-0.4, -0.2) is 56.8 Å². The van der Waals surface area contributed by atoms with Gasteiger partial charge in [-0.05, 0) is 20.3 Å². The zero-order chi connectivity index (χ0) is 16.2. The molecule has 0 saturated carbocycles. The fourth-order valence-electron chi connectivity index (χ4n) is 2.87. The van der Waals surface area contributed by atoms with E-state index < -0.39 is 0 Å². The van der Waals surface area contributed by atoms with Gasteiger partial charge < -0.3 is 9.42 Å². The molecular formula is C16H23N5O2. The van der Waals surface area contributed by atoms with Crippen LogP contribution in [0.2, 0.25) is 0 Å². The van der Waals surface area contributed by atoms with Crippen molar-refractivity contribution in [2.75, 3.05) is 26.2 Å². The average Bonchev–Trinajstić information content (AvgIpc) is 3.11. The molecule has 0 aliphatic carbocycles. The van der Waals surface area contributed by atoms with E-state index in [0.29, 0.717) is 12.3 Å². The Morgan fingerprint density at radius 3 is 2.87 bits per heavy atom. The van der Waals surface area contributed by atoms with E-state index >= 15 is 0 Å². The second kappa shape index (κ2) is 6.95. The van der Waals surface area contributed by atoms with Gasteiger partial charge in [0.05, 0.1) is 11.9 Å². The van der Waals surface area contributed by atoms with E-state index in [1.807, 2.05) is 22.7 Å². The smallest absolute Gasteiger partial charge is 0.292 e. The number of hydrogen-bond donors (Lipinski definition) is 0. The van der Waals surface area contributed by atoms with Gasteiger partial charge in [0.1, 0.15) is 0 Å². The quantitative estimate of drug-likeness (QED) is 0.856. The minimum atomic E-state index is -0.0637. The van der Waals surface area contributed by atoms with Crippen LogP contribution in [0.3, 0.4) is 0 Å². The van der Waals surface area contributed by atoms with Gasteiger partial charge in [-0.3, -0.25) is 14.4 Å². The molecule has 1 fully saturated rings. The third kappa shape index (κ3) is 3.79. The minimum absolute atomic E-state index is 0.0637. The van der Waals surface area contributed by atoms with Crippen LogP contribution < -0.4 is 0 Å². The molecule has 1 aliphatic rings. The van der Waals surface area contributed by atoms with Crippen molar-refractivity contribution in [2.24, 2.45) is 0 Å². The first-order chi connectivity index (χ1) is 11.2. The standard InChI is InChI=1S/C16H23N5O2/c1-3-21-12-14(10-17-21)11-19-5-4-6-20(8-7-19)16(22)15-9-13(2)18-23-15/h9-10,12H,3-8,11H2,1-2H3. The summed E-state index contributed by atoms with van der Waals surface area (Å²) in [6.07, 6.45) is 4.97. The van der Waals surface area contributed by atoms with E-state index in [-0.39, 0.29) is 5.91 Å². The largest absolute Gasteiger partial charge is 0.351 e. The molecule has 0 atom stereocenters. The normalized spacial score (nSPS) is 16.5. The predicted molar refractivity (Wildman–Crippen MR) is 84.9 cm³/mol. The van der Waals surface area contributed by atoms with Crippen molar-refractivity contribution in [3.8, 4) is 0 Å².